The monoisotopic (exact) mass is 494 g/mol. The number of unbranched alkanes of at least 4 members (excludes halogenated alkanes) is 1. The number of carbonyl (C=O) groups excluding carboxylic acids is 2. The molecule has 0 unspecified atom stereocenters. The molecule has 35 heavy (non-hydrogen) atoms. The minimum absolute atomic E-state index is 0.0391. The molecular weight excluding hydrogens is 468 g/mol. The zero-order chi connectivity index (χ0) is 25.2. The van der Waals surface area contributed by atoms with E-state index in [-0.39, 0.29) is 34.5 Å². The number of nitrogens with zero attached hydrogens (tertiary/aromatic N) is 2. The average molecular weight is 495 g/mol. The van der Waals surface area contributed by atoms with Crippen LogP contribution in [0.5, 0.6) is 5.75 Å². The van der Waals surface area contributed by atoms with Crippen molar-refractivity contribution in [2.75, 3.05) is 6.61 Å². The van der Waals surface area contributed by atoms with Gasteiger partial charge in [0.05, 0.1) is 28.2 Å². The van der Waals surface area contributed by atoms with Gasteiger partial charge in [-0.2, -0.15) is 0 Å². The van der Waals surface area contributed by atoms with E-state index in [1.54, 1.807) is 0 Å². The predicted octanol–water partition coefficient (Wildman–Crippen LogP) is 6.23. The molecule has 1 amide bonds. The Balaban J connectivity index is 1.56. The molecule has 0 atom stereocenters. The molecule has 0 aliphatic rings. The first kappa shape index (κ1) is 25.9. The molecule has 0 heterocycles. The van der Waals surface area contributed by atoms with Crippen LogP contribution >= 0.6 is 11.6 Å². The average Bonchev–Trinajstić information content (AvgIpc) is 2.85. The van der Waals surface area contributed by atoms with E-state index in [1.807, 2.05) is 65.6 Å². The Kier molecular flexibility index (Phi) is 9.38. The maximum atomic E-state index is 13.0. The molecule has 0 aliphatic carbocycles. The van der Waals surface area contributed by atoms with Crippen LogP contribution in [0.25, 0.3) is 0 Å². The van der Waals surface area contributed by atoms with E-state index < -0.39 is 10.7 Å². The zero-order valence-electron chi connectivity index (χ0n) is 19.5. The number of halogens is 1. The summed E-state index contributed by atoms with van der Waals surface area (Å²) in [6.07, 6.45) is 1.50. The van der Waals surface area contributed by atoms with Crippen LogP contribution in [0.1, 0.15) is 47.7 Å². The first-order chi connectivity index (χ1) is 16.8. The van der Waals surface area contributed by atoms with Gasteiger partial charge in [0.2, 0.25) is 5.91 Å². The molecule has 0 spiro atoms. The Hall–Kier alpha value is -3.71. The van der Waals surface area contributed by atoms with Gasteiger partial charge in [-0.1, -0.05) is 72.3 Å². The Morgan fingerprint density at radius 1 is 0.943 bits per heavy atom. The summed E-state index contributed by atoms with van der Waals surface area (Å²) in [4.78, 5) is 37.1. The van der Waals surface area contributed by atoms with Gasteiger partial charge in [0.25, 0.3) is 5.69 Å². The highest BCUT2D eigenvalue weighted by atomic mass is 35.5. The zero-order valence-corrected chi connectivity index (χ0v) is 20.2. The summed E-state index contributed by atoms with van der Waals surface area (Å²) in [6.45, 7) is 2.52. The van der Waals surface area contributed by atoms with Crippen molar-refractivity contribution >= 4 is 29.0 Å². The first-order valence-corrected chi connectivity index (χ1v) is 11.7. The number of nitro groups is 1. The smallest absolute Gasteiger partial charge is 0.283 e. The molecule has 3 aromatic carbocycles. The lowest BCUT2D eigenvalue weighted by Gasteiger charge is -2.23. The third-order valence-electron chi connectivity index (χ3n) is 5.45. The summed E-state index contributed by atoms with van der Waals surface area (Å²) >= 11 is 6.15. The molecule has 0 radical (unpaired) electrons. The number of ketones is 1. The molecule has 0 aliphatic heterocycles. The van der Waals surface area contributed by atoms with Gasteiger partial charge in [-0.05, 0) is 37.0 Å². The molecule has 182 valence electrons. The molecule has 0 saturated carbocycles. The number of Topliss-reactive ketones (excluding diaryl/α,β-unsaturated/α-hetero) is 1. The summed E-state index contributed by atoms with van der Waals surface area (Å²) in [6, 6.07) is 22.1. The van der Waals surface area contributed by atoms with Gasteiger partial charge >= 0.3 is 0 Å². The number of benzene rings is 3. The minimum atomic E-state index is -0.632. The van der Waals surface area contributed by atoms with Crippen LogP contribution in [-0.4, -0.2) is 28.1 Å². The summed E-state index contributed by atoms with van der Waals surface area (Å²) in [5.41, 5.74) is 1.72. The van der Waals surface area contributed by atoms with Gasteiger partial charge in [0.1, 0.15) is 5.75 Å². The Morgan fingerprint density at radius 3 is 2.03 bits per heavy atom. The molecule has 0 fully saturated rings. The van der Waals surface area contributed by atoms with Crippen molar-refractivity contribution in [2.45, 2.75) is 39.3 Å². The normalized spacial score (nSPS) is 10.6. The minimum Gasteiger partial charge on any atom is -0.492 e. The van der Waals surface area contributed by atoms with Crippen LogP contribution in [0.2, 0.25) is 5.02 Å². The number of hydrogen-bond donors (Lipinski definition) is 0. The van der Waals surface area contributed by atoms with E-state index in [2.05, 4.69) is 0 Å². The Labute approximate surface area is 209 Å². The standard InChI is InChI=1S/C27H27ClN2O5/c1-20(31)23-16-24(28)26(17-25(23)30(33)34)35-15-9-8-14-27(32)29(18-21-10-4-2-5-11-21)19-22-12-6-3-7-13-22/h2-7,10-13,16-17H,8-9,14-15,18-19H2,1H3. The van der Waals surface area contributed by atoms with Gasteiger partial charge < -0.3 is 9.64 Å². The Morgan fingerprint density at radius 2 is 1.51 bits per heavy atom. The van der Waals surface area contributed by atoms with E-state index in [4.69, 9.17) is 16.3 Å². The van der Waals surface area contributed by atoms with Gasteiger partial charge in [-0.3, -0.25) is 19.7 Å². The van der Waals surface area contributed by atoms with Gasteiger partial charge in [0.15, 0.2) is 5.78 Å². The quantitative estimate of drug-likeness (QED) is 0.129. The maximum absolute atomic E-state index is 13.0. The van der Waals surface area contributed by atoms with Crippen molar-refractivity contribution in [1.82, 2.24) is 4.90 Å². The summed E-state index contributed by atoms with van der Waals surface area (Å²) in [5.74, 6) is -0.263. The van der Waals surface area contributed by atoms with Gasteiger partial charge in [-0.25, -0.2) is 0 Å². The second-order valence-electron chi connectivity index (χ2n) is 8.14. The highest BCUT2D eigenvalue weighted by molar-refractivity contribution is 6.32. The molecule has 3 aromatic rings. The molecule has 3 rings (SSSR count). The van der Waals surface area contributed by atoms with E-state index in [0.29, 0.717) is 32.4 Å². The third-order valence-corrected chi connectivity index (χ3v) is 5.75. The fourth-order valence-corrected chi connectivity index (χ4v) is 3.86. The first-order valence-electron chi connectivity index (χ1n) is 11.3. The van der Waals surface area contributed by atoms with E-state index in [1.165, 1.54) is 19.1 Å². The lowest BCUT2D eigenvalue weighted by Crippen LogP contribution is -2.30. The summed E-state index contributed by atoms with van der Waals surface area (Å²) < 4.78 is 5.62. The number of nitro benzene ring substituents is 1. The topological polar surface area (TPSA) is 89.8 Å². The molecule has 0 N–H and O–H groups in total. The summed E-state index contributed by atoms with van der Waals surface area (Å²) in [7, 11) is 0. The molecule has 0 bridgehead atoms. The molecular formula is C27H27ClN2O5. The second kappa shape index (κ2) is 12.7. The molecule has 7 nitrogen and oxygen atoms in total. The fourth-order valence-electron chi connectivity index (χ4n) is 3.64. The van der Waals surface area contributed by atoms with Crippen molar-refractivity contribution in [1.29, 1.82) is 0 Å². The number of ether oxygens (including phenoxy) is 1. The molecule has 8 heteroatoms. The van der Waals surface area contributed by atoms with Gasteiger partial charge in [-0.15, -0.1) is 0 Å². The third kappa shape index (κ3) is 7.65. The van der Waals surface area contributed by atoms with Crippen molar-refractivity contribution in [3.63, 3.8) is 0 Å². The number of amides is 1. The molecule has 0 saturated heterocycles. The highest BCUT2D eigenvalue weighted by Gasteiger charge is 2.21. The lowest BCUT2D eigenvalue weighted by atomic mass is 10.1. The predicted molar refractivity (Wildman–Crippen MR) is 135 cm³/mol. The number of rotatable bonds is 12. The van der Waals surface area contributed by atoms with E-state index in [0.717, 1.165) is 11.1 Å². The largest absolute Gasteiger partial charge is 0.492 e. The van der Waals surface area contributed by atoms with Crippen LogP contribution in [0.4, 0.5) is 5.69 Å². The van der Waals surface area contributed by atoms with Crippen molar-refractivity contribution in [3.8, 4) is 5.75 Å². The Bertz CT molecular complexity index is 1130. The number of hydrogen-bond acceptors (Lipinski definition) is 5. The van der Waals surface area contributed by atoms with E-state index >= 15 is 0 Å². The van der Waals surface area contributed by atoms with Crippen LogP contribution in [-0.2, 0) is 17.9 Å². The van der Waals surface area contributed by atoms with Crippen LogP contribution in [0.3, 0.4) is 0 Å². The highest BCUT2D eigenvalue weighted by Crippen LogP contribution is 2.33. The SMILES string of the molecule is CC(=O)c1cc(Cl)c(OCCCCC(=O)N(Cc2ccccc2)Cc2ccccc2)cc1[N+](=O)[O-]. The fraction of sp³-hybridized carbons (Fsp3) is 0.259. The van der Waals surface area contributed by atoms with Crippen molar-refractivity contribution in [2.24, 2.45) is 0 Å². The number of carbonyl (C=O) groups is 2. The molecule has 0 aromatic heterocycles. The maximum Gasteiger partial charge on any atom is 0.283 e. The lowest BCUT2D eigenvalue weighted by molar-refractivity contribution is -0.385. The summed E-state index contributed by atoms with van der Waals surface area (Å²) in [5, 5.41) is 11.4. The van der Waals surface area contributed by atoms with Crippen LogP contribution in [0, 0.1) is 10.1 Å². The van der Waals surface area contributed by atoms with Crippen molar-refractivity contribution < 1.29 is 19.2 Å². The van der Waals surface area contributed by atoms with Crippen LogP contribution < -0.4 is 4.74 Å². The van der Waals surface area contributed by atoms with E-state index in [9.17, 15) is 19.7 Å². The van der Waals surface area contributed by atoms with Gasteiger partial charge in [0, 0.05) is 19.5 Å². The van der Waals surface area contributed by atoms with Crippen LogP contribution in [0.15, 0.2) is 72.8 Å². The second-order valence-corrected chi connectivity index (χ2v) is 8.55. The van der Waals surface area contributed by atoms with Crippen molar-refractivity contribution in [3.05, 3.63) is 105 Å².